The number of rotatable bonds is 6. The maximum Gasteiger partial charge on any atom is 0.267 e. The van der Waals surface area contributed by atoms with Gasteiger partial charge in [0.25, 0.3) is 5.91 Å². The fourth-order valence-corrected chi connectivity index (χ4v) is 3.20. The molecule has 2 aromatic carbocycles. The number of carbonyl (C=O) groups excluding carboxylic acids is 2. The standard InChI is InChI=1S/C23H24N4O2/c1-18(28)20-7-9-22(10-8-20)25-23(29)21(15-24)17-27-13-11-26(12-14-27)16-19-5-3-2-4-6-19/h2-10,17H,11-14,16H2,1H3,(H,25,29)/b21-17-. The van der Waals surface area contributed by atoms with Crippen molar-refractivity contribution in [2.24, 2.45) is 0 Å². The van der Waals surface area contributed by atoms with E-state index in [0.717, 1.165) is 32.7 Å². The van der Waals surface area contributed by atoms with Crippen LogP contribution in [0.3, 0.4) is 0 Å². The number of nitriles is 1. The zero-order chi connectivity index (χ0) is 20.6. The Morgan fingerprint density at radius 1 is 1.03 bits per heavy atom. The summed E-state index contributed by atoms with van der Waals surface area (Å²) < 4.78 is 0. The van der Waals surface area contributed by atoms with Crippen LogP contribution in [0.5, 0.6) is 0 Å². The number of amides is 1. The number of ketones is 1. The van der Waals surface area contributed by atoms with Gasteiger partial charge in [-0.3, -0.25) is 14.5 Å². The molecule has 0 bridgehead atoms. The van der Waals surface area contributed by atoms with Gasteiger partial charge in [0.2, 0.25) is 0 Å². The summed E-state index contributed by atoms with van der Waals surface area (Å²) >= 11 is 0. The molecule has 1 aliphatic rings. The summed E-state index contributed by atoms with van der Waals surface area (Å²) in [5.74, 6) is -0.485. The fourth-order valence-electron chi connectivity index (χ4n) is 3.20. The van der Waals surface area contributed by atoms with Crippen molar-refractivity contribution in [3.05, 3.63) is 77.5 Å². The van der Waals surface area contributed by atoms with Crippen molar-refractivity contribution in [2.45, 2.75) is 13.5 Å². The van der Waals surface area contributed by atoms with Gasteiger partial charge < -0.3 is 10.2 Å². The Kier molecular flexibility index (Phi) is 6.77. The van der Waals surface area contributed by atoms with E-state index in [1.165, 1.54) is 12.5 Å². The van der Waals surface area contributed by atoms with Crippen molar-refractivity contribution in [1.82, 2.24) is 9.80 Å². The first-order chi connectivity index (χ1) is 14.0. The van der Waals surface area contributed by atoms with Gasteiger partial charge in [0.05, 0.1) is 0 Å². The Morgan fingerprint density at radius 2 is 1.69 bits per heavy atom. The number of nitrogens with one attached hydrogen (secondary N) is 1. The molecular weight excluding hydrogens is 364 g/mol. The highest BCUT2D eigenvalue weighted by Crippen LogP contribution is 2.13. The summed E-state index contributed by atoms with van der Waals surface area (Å²) in [6, 6.07) is 18.9. The topological polar surface area (TPSA) is 76.4 Å². The second-order valence-corrected chi connectivity index (χ2v) is 7.04. The van der Waals surface area contributed by atoms with Crippen molar-refractivity contribution in [2.75, 3.05) is 31.5 Å². The molecule has 6 nitrogen and oxygen atoms in total. The van der Waals surface area contributed by atoms with Crippen LogP contribution in [-0.4, -0.2) is 47.7 Å². The van der Waals surface area contributed by atoms with Crippen LogP contribution < -0.4 is 5.32 Å². The van der Waals surface area contributed by atoms with Gasteiger partial charge in [-0.2, -0.15) is 5.26 Å². The molecule has 0 spiro atoms. The number of hydrogen-bond donors (Lipinski definition) is 1. The molecule has 0 unspecified atom stereocenters. The Hall–Kier alpha value is -3.43. The van der Waals surface area contributed by atoms with Crippen LogP contribution in [0.2, 0.25) is 0 Å². The van der Waals surface area contributed by atoms with Crippen molar-refractivity contribution in [3.63, 3.8) is 0 Å². The van der Waals surface area contributed by atoms with Crippen LogP contribution >= 0.6 is 0 Å². The first-order valence-corrected chi connectivity index (χ1v) is 9.60. The van der Waals surface area contributed by atoms with Crippen LogP contribution in [0, 0.1) is 11.3 Å². The van der Waals surface area contributed by atoms with E-state index in [9.17, 15) is 14.9 Å². The van der Waals surface area contributed by atoms with Gasteiger partial charge in [-0.25, -0.2) is 0 Å². The first kappa shape index (κ1) is 20.3. The predicted octanol–water partition coefficient (Wildman–Crippen LogP) is 3.05. The molecule has 1 N–H and O–H groups in total. The third-order valence-corrected chi connectivity index (χ3v) is 4.88. The number of benzene rings is 2. The normalized spacial score (nSPS) is 14.9. The van der Waals surface area contributed by atoms with Gasteiger partial charge in [0, 0.05) is 50.2 Å². The summed E-state index contributed by atoms with van der Waals surface area (Å²) in [6.45, 7) is 5.66. The molecule has 0 atom stereocenters. The average Bonchev–Trinajstić information content (AvgIpc) is 2.74. The molecule has 0 aromatic heterocycles. The monoisotopic (exact) mass is 388 g/mol. The lowest BCUT2D eigenvalue weighted by Gasteiger charge is -2.34. The van der Waals surface area contributed by atoms with Crippen LogP contribution in [-0.2, 0) is 11.3 Å². The molecule has 1 fully saturated rings. The minimum Gasteiger partial charge on any atom is -0.374 e. The van der Waals surface area contributed by atoms with Crippen molar-refractivity contribution < 1.29 is 9.59 Å². The summed E-state index contributed by atoms with van der Waals surface area (Å²) in [7, 11) is 0. The van der Waals surface area contributed by atoms with Crippen molar-refractivity contribution in [3.8, 4) is 6.07 Å². The predicted molar refractivity (Wildman–Crippen MR) is 112 cm³/mol. The van der Waals surface area contributed by atoms with Gasteiger partial charge in [0.1, 0.15) is 11.6 Å². The smallest absolute Gasteiger partial charge is 0.267 e. The summed E-state index contributed by atoms with van der Waals surface area (Å²) in [5, 5.41) is 12.1. The molecule has 0 radical (unpaired) electrons. The maximum absolute atomic E-state index is 12.4. The van der Waals surface area contributed by atoms with E-state index in [4.69, 9.17) is 0 Å². The molecule has 1 saturated heterocycles. The summed E-state index contributed by atoms with van der Waals surface area (Å²) in [6.07, 6.45) is 1.64. The Labute approximate surface area is 171 Å². The van der Waals surface area contributed by atoms with E-state index in [1.54, 1.807) is 30.5 Å². The first-order valence-electron chi connectivity index (χ1n) is 9.60. The van der Waals surface area contributed by atoms with E-state index in [-0.39, 0.29) is 11.4 Å². The maximum atomic E-state index is 12.4. The SMILES string of the molecule is CC(=O)c1ccc(NC(=O)/C(C#N)=C\N2CCN(Cc3ccccc3)CC2)cc1. The quantitative estimate of drug-likeness (QED) is 0.468. The molecule has 2 aromatic rings. The largest absolute Gasteiger partial charge is 0.374 e. The van der Waals surface area contributed by atoms with Gasteiger partial charge in [-0.1, -0.05) is 30.3 Å². The Balaban J connectivity index is 1.55. The fraction of sp³-hybridized carbons (Fsp3) is 0.261. The molecule has 148 valence electrons. The van der Waals surface area contributed by atoms with Gasteiger partial charge >= 0.3 is 0 Å². The average molecular weight is 388 g/mol. The number of Topliss-reactive ketones (excluding diaryl/α,β-unsaturated/α-hetero) is 1. The highest BCUT2D eigenvalue weighted by atomic mass is 16.1. The summed E-state index contributed by atoms with van der Waals surface area (Å²) in [5.41, 5.74) is 2.47. The van der Waals surface area contributed by atoms with Crippen LogP contribution in [0.1, 0.15) is 22.8 Å². The number of carbonyl (C=O) groups is 2. The number of hydrogen-bond acceptors (Lipinski definition) is 5. The number of nitrogens with zero attached hydrogens (tertiary/aromatic N) is 3. The highest BCUT2D eigenvalue weighted by Gasteiger charge is 2.17. The third kappa shape index (κ3) is 5.77. The van der Waals surface area contributed by atoms with E-state index in [1.807, 2.05) is 29.2 Å². The second kappa shape index (κ2) is 9.67. The molecule has 3 rings (SSSR count). The second-order valence-electron chi connectivity index (χ2n) is 7.04. The molecule has 1 heterocycles. The lowest BCUT2D eigenvalue weighted by molar-refractivity contribution is -0.112. The van der Waals surface area contributed by atoms with Gasteiger partial charge in [0.15, 0.2) is 5.78 Å². The molecule has 0 aliphatic carbocycles. The van der Waals surface area contributed by atoms with E-state index in [2.05, 4.69) is 22.3 Å². The number of piperazine rings is 1. The number of anilines is 1. The lowest BCUT2D eigenvalue weighted by Crippen LogP contribution is -2.43. The lowest BCUT2D eigenvalue weighted by atomic mass is 10.1. The minimum atomic E-state index is -0.449. The van der Waals surface area contributed by atoms with E-state index >= 15 is 0 Å². The Bertz CT molecular complexity index is 922. The molecule has 1 aliphatic heterocycles. The molecular formula is C23H24N4O2. The Morgan fingerprint density at radius 3 is 2.28 bits per heavy atom. The third-order valence-electron chi connectivity index (χ3n) is 4.88. The minimum absolute atomic E-state index is 0.0353. The van der Waals surface area contributed by atoms with Crippen LogP contribution in [0.15, 0.2) is 66.4 Å². The molecule has 0 saturated carbocycles. The molecule has 29 heavy (non-hydrogen) atoms. The van der Waals surface area contributed by atoms with E-state index in [0.29, 0.717) is 11.3 Å². The highest BCUT2D eigenvalue weighted by molar-refractivity contribution is 6.06. The molecule has 6 heteroatoms. The van der Waals surface area contributed by atoms with Crippen molar-refractivity contribution >= 4 is 17.4 Å². The van der Waals surface area contributed by atoms with E-state index < -0.39 is 5.91 Å². The zero-order valence-corrected chi connectivity index (χ0v) is 16.5. The zero-order valence-electron chi connectivity index (χ0n) is 16.5. The van der Waals surface area contributed by atoms with Crippen LogP contribution in [0.25, 0.3) is 0 Å². The summed E-state index contributed by atoms with van der Waals surface area (Å²) in [4.78, 5) is 28.1. The van der Waals surface area contributed by atoms with Gasteiger partial charge in [-0.05, 0) is 36.8 Å². The van der Waals surface area contributed by atoms with Crippen molar-refractivity contribution in [1.29, 1.82) is 5.26 Å². The van der Waals surface area contributed by atoms with Crippen LogP contribution in [0.4, 0.5) is 5.69 Å². The van der Waals surface area contributed by atoms with Gasteiger partial charge in [-0.15, -0.1) is 0 Å². The molecule has 1 amide bonds.